The van der Waals surface area contributed by atoms with Gasteiger partial charge in [-0.2, -0.15) is 0 Å². The summed E-state index contributed by atoms with van der Waals surface area (Å²) in [6.45, 7) is 0. The number of nitrogens with zero attached hydrogens (tertiary/aromatic N) is 3. The van der Waals surface area contributed by atoms with Crippen LogP contribution in [0.2, 0.25) is 0 Å². The Bertz CT molecular complexity index is 2280. The number of hydrogen-bond acceptors (Lipinski definition) is 2. The zero-order valence-electron chi connectivity index (χ0n) is 24.4. The van der Waals surface area contributed by atoms with Gasteiger partial charge < -0.3 is 0 Å². The first kappa shape index (κ1) is 27.2. The van der Waals surface area contributed by atoms with Gasteiger partial charge >= 0.3 is 0 Å². The van der Waals surface area contributed by atoms with Crippen molar-refractivity contribution in [3.63, 3.8) is 0 Å². The van der Waals surface area contributed by atoms with Gasteiger partial charge in [-0.25, -0.2) is 4.98 Å². The van der Waals surface area contributed by atoms with E-state index in [1.807, 2.05) is 53.2 Å². The fourth-order valence-corrected chi connectivity index (χ4v) is 6.45. The van der Waals surface area contributed by atoms with Gasteiger partial charge in [0.05, 0.1) is 46.1 Å². The maximum atomic E-state index is 6.17. The predicted molar refractivity (Wildman–Crippen MR) is 189 cm³/mol. The van der Waals surface area contributed by atoms with Crippen molar-refractivity contribution < 1.29 is 0 Å². The van der Waals surface area contributed by atoms with Crippen molar-refractivity contribution in [3.8, 4) is 39.2 Å². The van der Waals surface area contributed by atoms with Gasteiger partial charge in [-0.1, -0.05) is 108 Å². The summed E-state index contributed by atoms with van der Waals surface area (Å²) in [5, 5.41) is 3.17. The molecule has 0 aliphatic heterocycles. The maximum Gasteiger partial charge on any atom is 0.0951 e. The highest BCUT2D eigenvalue weighted by molar-refractivity contribution is 6.58. The number of imidazole rings is 1. The van der Waals surface area contributed by atoms with Gasteiger partial charge in [0.2, 0.25) is 0 Å². The van der Waals surface area contributed by atoms with Crippen molar-refractivity contribution in [3.05, 3.63) is 152 Å². The Kier molecular flexibility index (Phi) is 6.46. The van der Waals surface area contributed by atoms with E-state index in [1.165, 1.54) is 32.7 Å². The predicted octanol–water partition coefficient (Wildman–Crippen LogP) is 8.34. The van der Waals surface area contributed by atoms with Crippen LogP contribution in [0.1, 0.15) is 5.82 Å². The minimum absolute atomic E-state index is 0.394. The van der Waals surface area contributed by atoms with Gasteiger partial charge in [0, 0.05) is 17.4 Å². The van der Waals surface area contributed by atoms with E-state index in [0.29, 0.717) is 5.82 Å². The molecule has 0 bridgehead atoms. The van der Waals surface area contributed by atoms with Crippen molar-refractivity contribution in [2.24, 2.45) is 0 Å². The lowest BCUT2D eigenvalue weighted by molar-refractivity contribution is 0.929. The van der Waals surface area contributed by atoms with Crippen molar-refractivity contribution in [1.82, 2.24) is 14.5 Å². The Morgan fingerprint density at radius 1 is 0.489 bits per heavy atom. The van der Waals surface area contributed by atoms with Crippen LogP contribution in [-0.4, -0.2) is 38.1 Å². The van der Waals surface area contributed by atoms with Crippen molar-refractivity contribution >= 4 is 56.1 Å². The molecule has 0 saturated heterocycles. The number of para-hydroxylation sites is 2. The van der Waals surface area contributed by atoms with Crippen LogP contribution in [0.25, 0.3) is 71.8 Å². The molecule has 6 heteroatoms. The molecule has 0 atom stereocenters. The maximum absolute atomic E-state index is 6.17. The molecule has 0 N–H and O–H groups in total. The van der Waals surface area contributed by atoms with Gasteiger partial charge in [-0.05, 0) is 80.2 Å². The van der Waals surface area contributed by atoms with Crippen LogP contribution in [-0.2, 0) is 5.11 Å². The standard InChI is InChI=1S/C39H24B3N3/c40-39(41,42)38-44-34-14-5-6-15-35(34)45(38)28-22-20-27(21-23-28)37-31-11-3-1-9-29(31)36(30-10-2-4-12-32(30)37)26-18-16-25(17-19-26)33-13-7-8-24-43-33/h1-24H. The second-order valence-corrected chi connectivity index (χ2v) is 11.4. The van der Waals surface area contributed by atoms with Crippen molar-refractivity contribution in [2.75, 3.05) is 0 Å². The third kappa shape index (κ3) is 4.65. The number of hydrogen-bond donors (Lipinski definition) is 0. The number of rotatable bonds is 5. The molecule has 0 spiro atoms. The van der Waals surface area contributed by atoms with E-state index in [9.17, 15) is 0 Å². The van der Waals surface area contributed by atoms with E-state index in [1.54, 1.807) is 0 Å². The second-order valence-electron chi connectivity index (χ2n) is 11.4. The van der Waals surface area contributed by atoms with E-state index >= 15 is 0 Å². The minimum Gasteiger partial charge on any atom is -0.298 e. The van der Waals surface area contributed by atoms with Crippen LogP contribution in [0.5, 0.6) is 0 Å². The summed E-state index contributed by atoms with van der Waals surface area (Å²) in [6, 6.07) is 48.3. The van der Waals surface area contributed by atoms with Gasteiger partial charge in [-0.3, -0.25) is 9.55 Å². The first-order valence-electron chi connectivity index (χ1n) is 14.9. The molecule has 0 unspecified atom stereocenters. The number of fused-ring (bicyclic) bond motifs is 3. The monoisotopic (exact) mass is 567 g/mol. The first-order chi connectivity index (χ1) is 22.0. The molecular weight excluding hydrogens is 543 g/mol. The van der Waals surface area contributed by atoms with Crippen LogP contribution in [0.15, 0.2) is 146 Å². The highest BCUT2D eigenvalue weighted by Gasteiger charge is 2.23. The topological polar surface area (TPSA) is 30.7 Å². The zero-order valence-corrected chi connectivity index (χ0v) is 24.4. The SMILES string of the molecule is [B]C([B])([B])c1nc2ccccc2n1-c1ccc(-c2c3ccccc3c(-c3ccc(-c4ccccn4)cc3)c3ccccc23)cc1. The molecule has 8 aromatic rings. The van der Waals surface area contributed by atoms with Gasteiger partial charge in [0.25, 0.3) is 0 Å². The molecule has 8 rings (SSSR count). The Balaban J connectivity index is 1.30. The molecule has 0 amide bonds. The first-order valence-corrected chi connectivity index (χ1v) is 14.9. The lowest BCUT2D eigenvalue weighted by atomic mass is 9.42. The molecule has 0 aliphatic rings. The van der Waals surface area contributed by atoms with E-state index < -0.39 is 5.11 Å². The summed E-state index contributed by atoms with van der Waals surface area (Å²) in [5.74, 6) is 0.394. The summed E-state index contributed by atoms with van der Waals surface area (Å²) >= 11 is 0. The molecule has 6 radical (unpaired) electrons. The smallest absolute Gasteiger partial charge is 0.0951 e. The normalized spacial score (nSPS) is 11.8. The van der Waals surface area contributed by atoms with Crippen LogP contribution < -0.4 is 0 Å². The average molecular weight is 567 g/mol. The van der Waals surface area contributed by atoms with Gasteiger partial charge in [0.15, 0.2) is 0 Å². The number of aromatic nitrogens is 3. The van der Waals surface area contributed by atoms with Crippen LogP contribution >= 0.6 is 0 Å². The molecule has 0 saturated carbocycles. The Morgan fingerprint density at radius 2 is 0.978 bits per heavy atom. The molecule has 0 aliphatic carbocycles. The molecule has 45 heavy (non-hydrogen) atoms. The van der Waals surface area contributed by atoms with Crippen molar-refractivity contribution in [2.45, 2.75) is 5.11 Å². The highest BCUT2D eigenvalue weighted by atomic mass is 15.1. The molecule has 6 aromatic carbocycles. The summed E-state index contributed by atoms with van der Waals surface area (Å²) < 4.78 is 1.94. The molecule has 2 aromatic heterocycles. The Labute approximate surface area is 265 Å². The molecule has 204 valence electrons. The average Bonchev–Trinajstić information content (AvgIpc) is 3.49. The third-order valence-electron chi connectivity index (χ3n) is 8.43. The summed E-state index contributed by atoms with van der Waals surface area (Å²) in [6.07, 6.45) is 1.83. The van der Waals surface area contributed by atoms with Crippen LogP contribution in [0.3, 0.4) is 0 Å². The largest absolute Gasteiger partial charge is 0.298 e. The number of benzene rings is 6. The molecular formula is C39H24B3N3. The second kappa shape index (κ2) is 10.7. The summed E-state index contributed by atoms with van der Waals surface area (Å²) in [4.78, 5) is 9.20. The lowest BCUT2D eigenvalue weighted by Gasteiger charge is -2.22. The zero-order chi connectivity index (χ0) is 30.5. The molecule has 3 nitrogen and oxygen atoms in total. The Morgan fingerprint density at radius 3 is 1.51 bits per heavy atom. The minimum atomic E-state index is -1.60. The van der Waals surface area contributed by atoms with E-state index in [0.717, 1.165) is 39.1 Å². The van der Waals surface area contributed by atoms with Crippen molar-refractivity contribution in [1.29, 1.82) is 0 Å². The van der Waals surface area contributed by atoms with Gasteiger partial charge in [0.1, 0.15) is 0 Å². The summed E-state index contributed by atoms with van der Waals surface area (Å²) in [5.41, 5.74) is 9.27. The fraction of sp³-hybridized carbons (Fsp3) is 0.0256. The Hall–Kier alpha value is -5.35. The van der Waals surface area contributed by atoms with Crippen LogP contribution in [0, 0.1) is 0 Å². The molecule has 0 fully saturated rings. The molecule has 2 heterocycles. The third-order valence-corrected chi connectivity index (χ3v) is 8.43. The fourth-order valence-electron chi connectivity index (χ4n) is 6.45. The van der Waals surface area contributed by atoms with Gasteiger partial charge in [-0.15, -0.1) is 0 Å². The lowest BCUT2D eigenvalue weighted by Crippen LogP contribution is -2.31. The van der Waals surface area contributed by atoms with Crippen LogP contribution in [0.4, 0.5) is 0 Å². The van der Waals surface area contributed by atoms with E-state index in [4.69, 9.17) is 23.5 Å². The summed E-state index contributed by atoms with van der Waals surface area (Å²) in [7, 11) is 18.5. The highest BCUT2D eigenvalue weighted by Crippen LogP contribution is 2.44. The quantitative estimate of drug-likeness (QED) is 0.155. The number of pyridine rings is 1. The van der Waals surface area contributed by atoms with E-state index in [2.05, 4.69) is 107 Å². The van der Waals surface area contributed by atoms with E-state index in [-0.39, 0.29) is 0 Å².